The number of hydrogen-bond acceptors (Lipinski definition) is 2. The minimum absolute atomic E-state index is 0.785. The molecule has 84 valence electrons. The largest absolute Gasteiger partial charge is 0.320 e. The lowest BCUT2D eigenvalue weighted by Gasteiger charge is -2.36. The summed E-state index contributed by atoms with van der Waals surface area (Å²) in [5.41, 5.74) is 0. The molecule has 0 aliphatic carbocycles. The van der Waals surface area contributed by atoms with Crippen LogP contribution in [0.5, 0.6) is 0 Å². The van der Waals surface area contributed by atoms with E-state index in [2.05, 4.69) is 31.1 Å². The third kappa shape index (κ3) is 3.58. The molecule has 1 rings (SSSR count). The summed E-state index contributed by atoms with van der Waals surface area (Å²) in [5.74, 6) is 0.935. The van der Waals surface area contributed by atoms with Gasteiger partial charge in [-0.05, 0) is 58.7 Å². The van der Waals surface area contributed by atoms with E-state index in [1.54, 1.807) is 0 Å². The molecule has 0 aromatic carbocycles. The topological polar surface area (TPSA) is 15.3 Å². The van der Waals surface area contributed by atoms with Crippen molar-refractivity contribution in [2.24, 2.45) is 5.92 Å². The van der Waals surface area contributed by atoms with Crippen LogP contribution in [0.15, 0.2) is 0 Å². The molecule has 2 unspecified atom stereocenters. The van der Waals surface area contributed by atoms with Crippen LogP contribution in [-0.2, 0) is 0 Å². The lowest BCUT2D eigenvalue weighted by molar-refractivity contribution is 0.125. The zero-order valence-electron chi connectivity index (χ0n) is 10.1. The first-order valence-electron chi connectivity index (χ1n) is 6.16. The monoisotopic (exact) mass is 198 g/mol. The molecule has 1 fully saturated rings. The Morgan fingerprint density at radius 2 is 2.29 bits per heavy atom. The van der Waals surface area contributed by atoms with E-state index in [1.807, 2.05) is 0 Å². The van der Waals surface area contributed by atoms with Crippen molar-refractivity contribution in [3.05, 3.63) is 0 Å². The second-order valence-corrected chi connectivity index (χ2v) is 4.65. The fourth-order valence-corrected chi connectivity index (χ4v) is 2.34. The van der Waals surface area contributed by atoms with Crippen molar-refractivity contribution in [3.8, 4) is 0 Å². The van der Waals surface area contributed by atoms with Crippen LogP contribution in [0.25, 0.3) is 0 Å². The number of nitrogens with one attached hydrogen (secondary N) is 1. The Bertz CT molecular complexity index is 147. The minimum Gasteiger partial charge on any atom is -0.320 e. The van der Waals surface area contributed by atoms with Crippen molar-refractivity contribution < 1.29 is 0 Å². The van der Waals surface area contributed by atoms with E-state index in [4.69, 9.17) is 0 Å². The van der Waals surface area contributed by atoms with E-state index >= 15 is 0 Å². The zero-order chi connectivity index (χ0) is 10.4. The molecule has 0 aromatic heterocycles. The average Bonchev–Trinajstić information content (AvgIpc) is 2.25. The number of nitrogens with zero attached hydrogens (tertiary/aromatic N) is 1. The summed E-state index contributed by atoms with van der Waals surface area (Å²) in [7, 11) is 2.05. The van der Waals surface area contributed by atoms with Crippen LogP contribution < -0.4 is 5.32 Å². The van der Waals surface area contributed by atoms with E-state index < -0.39 is 0 Å². The molecule has 1 aliphatic heterocycles. The summed E-state index contributed by atoms with van der Waals surface area (Å²) in [6.45, 7) is 8.49. The van der Waals surface area contributed by atoms with Gasteiger partial charge in [-0.15, -0.1) is 0 Å². The first-order valence-corrected chi connectivity index (χ1v) is 6.16. The molecule has 1 aliphatic rings. The molecule has 14 heavy (non-hydrogen) atoms. The van der Waals surface area contributed by atoms with Crippen LogP contribution in [0.4, 0.5) is 0 Å². The molecule has 1 heterocycles. The Morgan fingerprint density at radius 1 is 1.50 bits per heavy atom. The molecule has 0 amide bonds. The SMILES string of the molecule is CCC(C)N1CCCC(CCNC)C1. The molecular formula is C12H26N2. The minimum atomic E-state index is 0.785. The molecule has 0 bridgehead atoms. The molecule has 2 heteroatoms. The summed E-state index contributed by atoms with van der Waals surface area (Å²) in [4.78, 5) is 2.67. The number of piperidine rings is 1. The van der Waals surface area contributed by atoms with Crippen LogP contribution in [0.3, 0.4) is 0 Å². The van der Waals surface area contributed by atoms with Crippen LogP contribution in [0.2, 0.25) is 0 Å². The van der Waals surface area contributed by atoms with E-state index in [0.29, 0.717) is 0 Å². The van der Waals surface area contributed by atoms with Crippen LogP contribution in [0.1, 0.15) is 39.5 Å². The van der Waals surface area contributed by atoms with Gasteiger partial charge in [-0.2, -0.15) is 0 Å². The van der Waals surface area contributed by atoms with Crippen LogP contribution in [-0.4, -0.2) is 37.6 Å². The Balaban J connectivity index is 2.28. The van der Waals surface area contributed by atoms with Gasteiger partial charge in [0.2, 0.25) is 0 Å². The maximum absolute atomic E-state index is 3.25. The lowest BCUT2D eigenvalue weighted by atomic mass is 9.93. The van der Waals surface area contributed by atoms with Crippen molar-refractivity contribution in [1.29, 1.82) is 0 Å². The van der Waals surface area contributed by atoms with Crippen LogP contribution in [0, 0.1) is 5.92 Å². The molecule has 2 nitrogen and oxygen atoms in total. The van der Waals surface area contributed by atoms with Gasteiger partial charge in [0.1, 0.15) is 0 Å². The van der Waals surface area contributed by atoms with Crippen LogP contribution >= 0.6 is 0 Å². The molecule has 0 saturated carbocycles. The number of hydrogen-bond donors (Lipinski definition) is 1. The molecule has 0 spiro atoms. The van der Waals surface area contributed by atoms with Gasteiger partial charge in [-0.3, -0.25) is 0 Å². The van der Waals surface area contributed by atoms with E-state index in [-0.39, 0.29) is 0 Å². The van der Waals surface area contributed by atoms with Gasteiger partial charge < -0.3 is 10.2 Å². The Labute approximate surface area is 89.1 Å². The van der Waals surface area contributed by atoms with Crippen molar-refractivity contribution in [2.75, 3.05) is 26.7 Å². The second-order valence-electron chi connectivity index (χ2n) is 4.65. The van der Waals surface area contributed by atoms with Gasteiger partial charge in [0, 0.05) is 12.6 Å². The highest BCUT2D eigenvalue weighted by molar-refractivity contribution is 4.76. The van der Waals surface area contributed by atoms with Gasteiger partial charge in [0.15, 0.2) is 0 Å². The smallest absolute Gasteiger partial charge is 0.00644 e. The summed E-state index contributed by atoms with van der Waals surface area (Å²) in [5, 5.41) is 3.25. The summed E-state index contributed by atoms with van der Waals surface area (Å²) < 4.78 is 0. The predicted molar refractivity (Wildman–Crippen MR) is 62.6 cm³/mol. The average molecular weight is 198 g/mol. The van der Waals surface area contributed by atoms with E-state index in [1.165, 1.54) is 45.3 Å². The molecular weight excluding hydrogens is 172 g/mol. The van der Waals surface area contributed by atoms with E-state index in [9.17, 15) is 0 Å². The van der Waals surface area contributed by atoms with Crippen molar-refractivity contribution >= 4 is 0 Å². The first kappa shape index (κ1) is 12.0. The fraction of sp³-hybridized carbons (Fsp3) is 1.00. The Morgan fingerprint density at radius 3 is 2.93 bits per heavy atom. The molecule has 1 saturated heterocycles. The molecule has 2 atom stereocenters. The maximum atomic E-state index is 3.25. The third-order valence-electron chi connectivity index (χ3n) is 3.57. The highest BCUT2D eigenvalue weighted by Gasteiger charge is 2.21. The molecule has 0 aromatic rings. The Kier molecular flexibility index (Phi) is 5.49. The molecule has 0 radical (unpaired) electrons. The van der Waals surface area contributed by atoms with Gasteiger partial charge in [-0.1, -0.05) is 6.92 Å². The van der Waals surface area contributed by atoms with Gasteiger partial charge in [0.25, 0.3) is 0 Å². The quantitative estimate of drug-likeness (QED) is 0.728. The number of rotatable bonds is 5. The summed E-state index contributed by atoms with van der Waals surface area (Å²) >= 11 is 0. The van der Waals surface area contributed by atoms with Gasteiger partial charge >= 0.3 is 0 Å². The highest BCUT2D eigenvalue weighted by Crippen LogP contribution is 2.21. The van der Waals surface area contributed by atoms with Crippen molar-refractivity contribution in [2.45, 2.75) is 45.6 Å². The predicted octanol–water partition coefficient (Wildman–Crippen LogP) is 2.11. The Hall–Kier alpha value is -0.0800. The lowest BCUT2D eigenvalue weighted by Crippen LogP contribution is -2.41. The zero-order valence-corrected chi connectivity index (χ0v) is 10.1. The normalized spacial score (nSPS) is 26.4. The first-order chi connectivity index (χ1) is 6.77. The standard InChI is InChI=1S/C12H26N2/c1-4-11(2)14-9-5-6-12(10-14)7-8-13-3/h11-13H,4-10H2,1-3H3. The van der Waals surface area contributed by atoms with Gasteiger partial charge in [0.05, 0.1) is 0 Å². The fourth-order valence-electron chi connectivity index (χ4n) is 2.34. The van der Waals surface area contributed by atoms with E-state index in [0.717, 1.165) is 12.0 Å². The third-order valence-corrected chi connectivity index (χ3v) is 3.57. The summed E-state index contributed by atoms with van der Waals surface area (Å²) in [6.07, 6.45) is 5.48. The van der Waals surface area contributed by atoms with Gasteiger partial charge in [-0.25, -0.2) is 0 Å². The summed E-state index contributed by atoms with van der Waals surface area (Å²) in [6, 6.07) is 0.785. The number of likely N-dealkylation sites (tertiary alicyclic amines) is 1. The van der Waals surface area contributed by atoms with Crippen molar-refractivity contribution in [1.82, 2.24) is 10.2 Å². The maximum Gasteiger partial charge on any atom is 0.00644 e. The molecule has 1 N–H and O–H groups in total. The highest BCUT2D eigenvalue weighted by atomic mass is 15.2. The van der Waals surface area contributed by atoms with Crippen molar-refractivity contribution in [3.63, 3.8) is 0 Å². The second kappa shape index (κ2) is 6.41.